The number of hydrogen-bond acceptors (Lipinski definition) is 4. The molecule has 4 rings (SSSR count). The van der Waals surface area contributed by atoms with E-state index in [1.807, 2.05) is 41.3 Å². The Morgan fingerprint density at radius 3 is 2.82 bits per heavy atom. The lowest BCUT2D eigenvalue weighted by Crippen LogP contribution is -2.30. The number of nitrogens with one attached hydrogen (secondary N) is 1. The van der Waals surface area contributed by atoms with Gasteiger partial charge in [0.2, 0.25) is 5.91 Å². The second kappa shape index (κ2) is 8.25. The van der Waals surface area contributed by atoms with E-state index in [2.05, 4.69) is 10.3 Å². The van der Waals surface area contributed by atoms with E-state index < -0.39 is 0 Å². The molecule has 3 aromatic rings. The molecular formula is C22H23N3O3. The van der Waals surface area contributed by atoms with Crippen LogP contribution < -0.4 is 5.32 Å². The van der Waals surface area contributed by atoms with Crippen molar-refractivity contribution >= 4 is 22.9 Å². The SMILES string of the molecule is O=C(NCCCN1CCCC1=O)c1ccc2nc(Cc3ccccc3)oc2c1. The molecule has 1 aliphatic rings. The Labute approximate surface area is 163 Å². The fourth-order valence-electron chi connectivity index (χ4n) is 3.47. The second-order valence-corrected chi connectivity index (χ2v) is 7.05. The zero-order valence-electron chi connectivity index (χ0n) is 15.7. The van der Waals surface area contributed by atoms with Gasteiger partial charge in [0.15, 0.2) is 11.5 Å². The number of rotatable bonds is 7. The van der Waals surface area contributed by atoms with Crippen LogP contribution in [-0.2, 0) is 11.2 Å². The van der Waals surface area contributed by atoms with Gasteiger partial charge in [0.25, 0.3) is 5.91 Å². The van der Waals surface area contributed by atoms with E-state index in [1.54, 1.807) is 12.1 Å². The highest BCUT2D eigenvalue weighted by molar-refractivity contribution is 5.97. The lowest BCUT2D eigenvalue weighted by atomic mass is 10.1. The van der Waals surface area contributed by atoms with Gasteiger partial charge in [-0.15, -0.1) is 0 Å². The highest BCUT2D eigenvalue weighted by Crippen LogP contribution is 2.19. The van der Waals surface area contributed by atoms with Crippen molar-refractivity contribution in [1.29, 1.82) is 0 Å². The average Bonchev–Trinajstić information content (AvgIpc) is 3.30. The molecule has 0 unspecified atom stereocenters. The minimum atomic E-state index is -0.143. The van der Waals surface area contributed by atoms with Crippen molar-refractivity contribution in [2.75, 3.05) is 19.6 Å². The van der Waals surface area contributed by atoms with Crippen molar-refractivity contribution in [3.8, 4) is 0 Å². The standard InChI is InChI=1S/C22H23N3O3/c26-21-8-4-12-25(21)13-5-11-23-22(27)17-9-10-18-19(15-17)28-20(24-18)14-16-6-2-1-3-7-16/h1-3,6-7,9-10,15H,4-5,8,11-14H2,(H,23,27). The van der Waals surface area contributed by atoms with Gasteiger partial charge in [-0.05, 0) is 36.6 Å². The molecule has 2 heterocycles. The first-order valence-electron chi connectivity index (χ1n) is 9.68. The molecule has 0 aliphatic carbocycles. The maximum absolute atomic E-state index is 12.4. The Balaban J connectivity index is 1.34. The average molecular weight is 377 g/mol. The fourth-order valence-corrected chi connectivity index (χ4v) is 3.47. The van der Waals surface area contributed by atoms with E-state index >= 15 is 0 Å². The quantitative estimate of drug-likeness (QED) is 0.642. The summed E-state index contributed by atoms with van der Waals surface area (Å²) in [7, 11) is 0. The summed E-state index contributed by atoms with van der Waals surface area (Å²) >= 11 is 0. The van der Waals surface area contributed by atoms with Gasteiger partial charge >= 0.3 is 0 Å². The van der Waals surface area contributed by atoms with Crippen LogP contribution in [-0.4, -0.2) is 41.3 Å². The minimum Gasteiger partial charge on any atom is -0.440 e. The van der Waals surface area contributed by atoms with Crippen LogP contribution in [0.25, 0.3) is 11.1 Å². The first-order valence-corrected chi connectivity index (χ1v) is 9.68. The van der Waals surface area contributed by atoms with Gasteiger partial charge in [-0.1, -0.05) is 30.3 Å². The molecule has 1 saturated heterocycles. The number of likely N-dealkylation sites (tertiary alicyclic amines) is 1. The first-order chi connectivity index (χ1) is 13.7. The summed E-state index contributed by atoms with van der Waals surface area (Å²) in [4.78, 5) is 30.3. The number of hydrogen-bond donors (Lipinski definition) is 1. The second-order valence-electron chi connectivity index (χ2n) is 7.05. The van der Waals surface area contributed by atoms with E-state index in [0.717, 1.165) is 30.5 Å². The van der Waals surface area contributed by atoms with E-state index in [-0.39, 0.29) is 11.8 Å². The Hall–Kier alpha value is -3.15. The van der Waals surface area contributed by atoms with E-state index in [9.17, 15) is 9.59 Å². The van der Waals surface area contributed by atoms with Crippen molar-refractivity contribution in [3.63, 3.8) is 0 Å². The maximum Gasteiger partial charge on any atom is 0.251 e. The normalized spacial score (nSPS) is 14.0. The molecule has 6 heteroatoms. The molecular weight excluding hydrogens is 354 g/mol. The van der Waals surface area contributed by atoms with Crippen molar-refractivity contribution in [3.05, 3.63) is 65.5 Å². The molecule has 0 bridgehead atoms. The Morgan fingerprint density at radius 2 is 2.04 bits per heavy atom. The van der Waals surface area contributed by atoms with E-state index in [4.69, 9.17) is 4.42 Å². The van der Waals surface area contributed by atoms with Gasteiger partial charge in [-0.2, -0.15) is 0 Å². The zero-order chi connectivity index (χ0) is 19.3. The van der Waals surface area contributed by atoms with Crippen LogP contribution >= 0.6 is 0 Å². The van der Waals surface area contributed by atoms with Gasteiger partial charge in [0.05, 0.1) is 0 Å². The highest BCUT2D eigenvalue weighted by atomic mass is 16.3. The van der Waals surface area contributed by atoms with E-state index in [0.29, 0.717) is 43.0 Å². The van der Waals surface area contributed by atoms with E-state index in [1.165, 1.54) is 0 Å². The summed E-state index contributed by atoms with van der Waals surface area (Å²) in [5.41, 5.74) is 3.03. The Morgan fingerprint density at radius 1 is 1.18 bits per heavy atom. The molecule has 1 N–H and O–H groups in total. The summed E-state index contributed by atoms with van der Waals surface area (Å²) in [6.07, 6.45) is 2.96. The minimum absolute atomic E-state index is 0.143. The monoisotopic (exact) mass is 377 g/mol. The molecule has 2 aromatic carbocycles. The van der Waals surface area contributed by atoms with Crippen LogP contribution in [0.4, 0.5) is 0 Å². The van der Waals surface area contributed by atoms with Gasteiger partial charge in [-0.25, -0.2) is 4.98 Å². The number of aromatic nitrogens is 1. The molecule has 0 radical (unpaired) electrons. The van der Waals surface area contributed by atoms with Crippen molar-refractivity contribution < 1.29 is 14.0 Å². The molecule has 1 aliphatic heterocycles. The predicted molar refractivity (Wildman–Crippen MR) is 106 cm³/mol. The number of fused-ring (bicyclic) bond motifs is 1. The smallest absolute Gasteiger partial charge is 0.251 e. The number of oxazole rings is 1. The van der Waals surface area contributed by atoms with Crippen LogP contribution in [0.2, 0.25) is 0 Å². The molecule has 144 valence electrons. The topological polar surface area (TPSA) is 75.4 Å². The third-order valence-electron chi connectivity index (χ3n) is 4.95. The van der Waals surface area contributed by atoms with Gasteiger partial charge in [-0.3, -0.25) is 9.59 Å². The zero-order valence-corrected chi connectivity index (χ0v) is 15.7. The summed E-state index contributed by atoms with van der Waals surface area (Å²) in [6.45, 7) is 2.07. The molecule has 0 saturated carbocycles. The third-order valence-corrected chi connectivity index (χ3v) is 4.95. The van der Waals surface area contributed by atoms with Crippen molar-refractivity contribution in [2.24, 2.45) is 0 Å². The number of benzene rings is 2. The lowest BCUT2D eigenvalue weighted by molar-refractivity contribution is -0.127. The molecule has 0 atom stereocenters. The predicted octanol–water partition coefficient (Wildman–Crippen LogP) is 3.16. The largest absolute Gasteiger partial charge is 0.440 e. The summed E-state index contributed by atoms with van der Waals surface area (Å²) < 4.78 is 5.83. The van der Waals surface area contributed by atoms with Crippen LogP contribution in [0.15, 0.2) is 52.9 Å². The number of carbonyl (C=O) groups is 2. The van der Waals surface area contributed by atoms with Crippen molar-refractivity contribution in [1.82, 2.24) is 15.2 Å². The summed E-state index contributed by atoms with van der Waals surface area (Å²) in [6, 6.07) is 15.3. The van der Waals surface area contributed by atoms with Gasteiger partial charge in [0, 0.05) is 38.0 Å². The number of nitrogens with zero attached hydrogens (tertiary/aromatic N) is 2. The van der Waals surface area contributed by atoms with Crippen LogP contribution in [0.5, 0.6) is 0 Å². The lowest BCUT2D eigenvalue weighted by Gasteiger charge is -2.15. The summed E-state index contributed by atoms with van der Waals surface area (Å²) in [5, 5.41) is 2.91. The van der Waals surface area contributed by atoms with Crippen LogP contribution in [0, 0.1) is 0 Å². The number of amides is 2. The van der Waals surface area contributed by atoms with Crippen LogP contribution in [0.1, 0.15) is 41.1 Å². The highest BCUT2D eigenvalue weighted by Gasteiger charge is 2.19. The molecule has 1 fully saturated rings. The van der Waals surface area contributed by atoms with Gasteiger partial charge < -0.3 is 14.6 Å². The fraction of sp³-hybridized carbons (Fsp3) is 0.318. The van der Waals surface area contributed by atoms with Crippen molar-refractivity contribution in [2.45, 2.75) is 25.7 Å². The Kier molecular flexibility index (Phi) is 5.37. The molecule has 6 nitrogen and oxygen atoms in total. The molecule has 1 aromatic heterocycles. The Bertz CT molecular complexity index is 981. The first kappa shape index (κ1) is 18.2. The maximum atomic E-state index is 12.4. The summed E-state index contributed by atoms with van der Waals surface area (Å²) in [5.74, 6) is 0.707. The third kappa shape index (κ3) is 4.22. The van der Waals surface area contributed by atoms with Crippen LogP contribution in [0.3, 0.4) is 0 Å². The van der Waals surface area contributed by atoms with Gasteiger partial charge in [0.1, 0.15) is 5.52 Å². The molecule has 0 spiro atoms. The molecule has 28 heavy (non-hydrogen) atoms. The number of carbonyl (C=O) groups excluding carboxylic acids is 2. The molecule has 2 amide bonds.